The van der Waals surface area contributed by atoms with Crippen LogP contribution in [0.3, 0.4) is 0 Å². The summed E-state index contributed by atoms with van der Waals surface area (Å²) >= 11 is 6.87. The van der Waals surface area contributed by atoms with Crippen molar-refractivity contribution in [1.82, 2.24) is 18.9 Å². The molecule has 10 nitrogen and oxygen atoms in total. The Morgan fingerprint density at radius 2 is 2.03 bits per heavy atom. The Balaban J connectivity index is 1.35. The van der Waals surface area contributed by atoms with Crippen molar-refractivity contribution < 1.29 is 14.6 Å². The van der Waals surface area contributed by atoms with Crippen LogP contribution in [0.2, 0.25) is 0 Å². The number of ether oxygens (including phenoxy) is 1. The Morgan fingerprint density at radius 1 is 1.22 bits per heavy atom. The number of hydrogen-bond donors (Lipinski definition) is 1. The van der Waals surface area contributed by atoms with Gasteiger partial charge in [0.25, 0.3) is 0 Å². The number of carboxylic acid groups (broad SMARTS) is 1. The number of hydrogen-bond acceptors (Lipinski definition) is 6. The van der Waals surface area contributed by atoms with Crippen LogP contribution in [0.25, 0.3) is 16.9 Å². The molecule has 0 amide bonds. The highest BCUT2D eigenvalue weighted by Gasteiger charge is 2.50. The van der Waals surface area contributed by atoms with Gasteiger partial charge in [-0.05, 0) is 56.2 Å². The number of benzene rings is 1. The van der Waals surface area contributed by atoms with E-state index in [1.165, 1.54) is 21.3 Å². The average molecular weight is 522 g/mol. The second kappa shape index (κ2) is 8.24. The molecular formula is C26H24ClN5O5. The van der Waals surface area contributed by atoms with Crippen LogP contribution < -0.4 is 20.9 Å². The van der Waals surface area contributed by atoms with Gasteiger partial charge in [-0.25, -0.2) is 14.3 Å². The van der Waals surface area contributed by atoms with Crippen LogP contribution in [-0.4, -0.2) is 47.5 Å². The molecule has 37 heavy (non-hydrogen) atoms. The number of rotatable bonds is 5. The third-order valence-corrected chi connectivity index (χ3v) is 7.49. The summed E-state index contributed by atoms with van der Waals surface area (Å²) in [5.74, 6) is -0.669. The minimum Gasteiger partial charge on any atom is -0.492 e. The molecule has 190 valence electrons. The molecule has 2 atom stereocenters. The second-order valence-electron chi connectivity index (χ2n) is 9.94. The van der Waals surface area contributed by atoms with Gasteiger partial charge in [-0.1, -0.05) is 6.07 Å². The molecule has 3 aromatic heterocycles. The lowest BCUT2D eigenvalue weighted by Gasteiger charge is -2.44. The SMILES string of the molecule is CC1(C)CC(Cl)[C@H]2c3cc(OCCn4nc5ccccn5c4=O)ccc3-c3cc(=O)c(C(=O)O)cn3N21. The van der Waals surface area contributed by atoms with E-state index >= 15 is 0 Å². The van der Waals surface area contributed by atoms with Crippen LogP contribution in [0.4, 0.5) is 0 Å². The summed E-state index contributed by atoms with van der Waals surface area (Å²) in [7, 11) is 0. The number of carbonyl (C=O) groups is 1. The van der Waals surface area contributed by atoms with Gasteiger partial charge < -0.3 is 9.84 Å². The van der Waals surface area contributed by atoms with Crippen LogP contribution in [0.1, 0.15) is 42.2 Å². The molecule has 0 spiro atoms. The van der Waals surface area contributed by atoms with Gasteiger partial charge in [0.2, 0.25) is 0 Å². The first-order valence-corrected chi connectivity index (χ1v) is 12.3. The summed E-state index contributed by atoms with van der Waals surface area (Å²) in [4.78, 5) is 36.8. The standard InChI is InChI=1S/C26H24ClN5O5/c1-26(2)13-19(27)23-17-11-15(37-10-9-30-25(36)29-8-4-3-5-22(29)28-30)6-7-16(17)20-12-21(33)18(24(34)35)14-31(20)32(23)26/h3-8,11-12,14,19,23H,9-10,13H2,1-2H3,(H,34,35)/t19?,23-/m1/s1. The number of pyridine rings is 2. The normalized spacial score (nSPS) is 19.4. The Bertz CT molecular complexity index is 1690. The molecule has 1 unspecified atom stereocenters. The van der Waals surface area contributed by atoms with Gasteiger partial charge in [-0.2, -0.15) is 0 Å². The van der Waals surface area contributed by atoms with Gasteiger partial charge in [-0.15, -0.1) is 16.7 Å². The van der Waals surface area contributed by atoms with E-state index in [1.54, 1.807) is 29.1 Å². The zero-order chi connectivity index (χ0) is 26.1. The second-order valence-corrected chi connectivity index (χ2v) is 10.5. The molecule has 2 aliphatic rings. The molecule has 1 fully saturated rings. The monoisotopic (exact) mass is 521 g/mol. The zero-order valence-corrected chi connectivity index (χ0v) is 20.9. The number of halogens is 1. The zero-order valence-electron chi connectivity index (χ0n) is 20.2. The molecule has 0 aliphatic carbocycles. The number of nitrogens with zero attached hydrogens (tertiary/aromatic N) is 5. The first-order chi connectivity index (χ1) is 17.7. The molecule has 4 aromatic rings. The van der Waals surface area contributed by atoms with Crippen LogP contribution >= 0.6 is 11.6 Å². The number of aromatic nitrogens is 4. The molecule has 2 aliphatic heterocycles. The van der Waals surface area contributed by atoms with Crippen molar-refractivity contribution in [2.75, 3.05) is 11.6 Å². The van der Waals surface area contributed by atoms with E-state index in [4.69, 9.17) is 16.3 Å². The fourth-order valence-electron chi connectivity index (χ4n) is 5.50. The third-order valence-electron chi connectivity index (χ3n) is 7.09. The lowest BCUT2D eigenvalue weighted by molar-refractivity contribution is 0.0694. The molecule has 5 heterocycles. The molecule has 0 radical (unpaired) electrons. The average Bonchev–Trinajstić information content (AvgIpc) is 3.30. The maximum absolute atomic E-state index is 12.6. The van der Waals surface area contributed by atoms with Crippen molar-refractivity contribution >= 4 is 23.2 Å². The molecule has 6 rings (SSSR count). The Morgan fingerprint density at radius 3 is 2.78 bits per heavy atom. The van der Waals surface area contributed by atoms with Crippen LogP contribution in [0.15, 0.2) is 64.4 Å². The summed E-state index contributed by atoms with van der Waals surface area (Å²) in [6, 6.07) is 12.0. The van der Waals surface area contributed by atoms with Crippen LogP contribution in [0, 0.1) is 0 Å². The molecule has 1 N–H and O–H groups in total. The summed E-state index contributed by atoms with van der Waals surface area (Å²) in [5, 5.41) is 15.7. The summed E-state index contributed by atoms with van der Waals surface area (Å²) in [5.41, 5.74) is 1.39. The Labute approximate surface area is 215 Å². The Kier molecular flexibility index (Phi) is 5.20. The number of alkyl halides is 1. The maximum Gasteiger partial charge on any atom is 0.350 e. The highest BCUT2D eigenvalue weighted by Crippen LogP contribution is 2.50. The van der Waals surface area contributed by atoms with Gasteiger partial charge in [0.05, 0.1) is 29.2 Å². The van der Waals surface area contributed by atoms with Crippen molar-refractivity contribution in [3.05, 3.63) is 86.7 Å². The van der Waals surface area contributed by atoms with E-state index in [2.05, 4.69) is 5.10 Å². The first-order valence-electron chi connectivity index (χ1n) is 11.9. The van der Waals surface area contributed by atoms with Gasteiger partial charge in [0, 0.05) is 24.0 Å². The van der Waals surface area contributed by atoms with E-state index in [1.807, 2.05) is 37.1 Å². The van der Waals surface area contributed by atoms with Crippen molar-refractivity contribution in [3.63, 3.8) is 0 Å². The van der Waals surface area contributed by atoms with Crippen molar-refractivity contribution in [2.24, 2.45) is 0 Å². The summed E-state index contributed by atoms with van der Waals surface area (Å²) < 4.78 is 10.6. The van der Waals surface area contributed by atoms with E-state index in [0.717, 1.165) is 11.1 Å². The molecule has 1 saturated heterocycles. The van der Waals surface area contributed by atoms with Gasteiger partial charge in [0.1, 0.15) is 17.9 Å². The molecule has 0 saturated carbocycles. The summed E-state index contributed by atoms with van der Waals surface area (Å²) in [6.07, 6.45) is 3.73. The minimum atomic E-state index is -1.27. The van der Waals surface area contributed by atoms with E-state index in [9.17, 15) is 19.5 Å². The molecule has 11 heteroatoms. The third kappa shape index (κ3) is 3.62. The van der Waals surface area contributed by atoms with E-state index < -0.39 is 16.9 Å². The van der Waals surface area contributed by atoms with Gasteiger partial charge in [-0.3, -0.25) is 18.9 Å². The first kappa shape index (κ1) is 23.4. The fourth-order valence-corrected chi connectivity index (χ4v) is 6.12. The van der Waals surface area contributed by atoms with Crippen molar-refractivity contribution in [1.29, 1.82) is 0 Å². The Hall–Kier alpha value is -4.05. The molecule has 0 bridgehead atoms. The maximum atomic E-state index is 12.6. The highest BCUT2D eigenvalue weighted by atomic mass is 35.5. The molecule has 1 aromatic carbocycles. The van der Waals surface area contributed by atoms with Gasteiger partial charge >= 0.3 is 11.7 Å². The number of carboxylic acids is 1. The van der Waals surface area contributed by atoms with E-state index in [-0.39, 0.29) is 35.8 Å². The predicted molar refractivity (Wildman–Crippen MR) is 137 cm³/mol. The lowest BCUT2D eigenvalue weighted by Crippen LogP contribution is -2.50. The lowest BCUT2D eigenvalue weighted by atomic mass is 9.93. The van der Waals surface area contributed by atoms with Crippen LogP contribution in [-0.2, 0) is 6.54 Å². The summed E-state index contributed by atoms with van der Waals surface area (Å²) in [6.45, 7) is 4.59. The van der Waals surface area contributed by atoms with Gasteiger partial charge in [0.15, 0.2) is 11.1 Å². The topological polar surface area (TPSA) is 111 Å². The van der Waals surface area contributed by atoms with E-state index in [0.29, 0.717) is 23.5 Å². The highest BCUT2D eigenvalue weighted by molar-refractivity contribution is 6.21. The number of aromatic carboxylic acids is 1. The van der Waals surface area contributed by atoms with Crippen molar-refractivity contribution in [2.45, 2.75) is 43.8 Å². The van der Waals surface area contributed by atoms with Crippen molar-refractivity contribution in [3.8, 4) is 17.0 Å². The fraction of sp³-hybridized carbons (Fsp3) is 0.308. The smallest absolute Gasteiger partial charge is 0.350 e. The molecular weight excluding hydrogens is 498 g/mol. The quantitative estimate of drug-likeness (QED) is 0.402. The largest absolute Gasteiger partial charge is 0.492 e. The number of fused-ring (bicyclic) bond motifs is 7. The van der Waals surface area contributed by atoms with Crippen LogP contribution in [0.5, 0.6) is 5.75 Å². The minimum absolute atomic E-state index is 0.227. The predicted octanol–water partition coefficient (Wildman–Crippen LogP) is 2.88.